The van der Waals surface area contributed by atoms with Gasteiger partial charge in [-0.25, -0.2) is 0 Å². The number of aliphatic hydroxyl groups is 14. The maximum atomic E-state index is 12.1. The third-order valence-electron chi connectivity index (χ3n) is 19.5. The second-order valence-corrected chi connectivity index (χ2v) is 23.8. The average molecular weight is 1070 g/mol. The fourth-order valence-corrected chi connectivity index (χ4v) is 15.0. The first-order valence-electron chi connectivity index (χ1n) is 26.9. The van der Waals surface area contributed by atoms with Crippen LogP contribution in [0.15, 0.2) is 11.6 Å². The van der Waals surface area contributed by atoms with Crippen molar-refractivity contribution in [2.75, 3.05) is 26.4 Å². The fraction of sp³-hybridized carbons (Fsp3) is 0.961. The molecule has 426 valence electrons. The van der Waals surface area contributed by atoms with E-state index in [9.17, 15) is 71.5 Å². The van der Waals surface area contributed by atoms with Crippen molar-refractivity contribution in [3.8, 4) is 0 Å². The van der Waals surface area contributed by atoms with Gasteiger partial charge in [0.15, 0.2) is 30.9 Å². The number of rotatable bonds is 15. The van der Waals surface area contributed by atoms with E-state index in [-0.39, 0.29) is 41.3 Å². The number of ether oxygens (including phenoxy) is 9. The predicted octanol–water partition coefficient (Wildman–Crippen LogP) is -3.01. The number of fused-ring (bicyclic) bond motifs is 7. The molecule has 2 unspecified atom stereocenters. The monoisotopic (exact) mass is 1060 g/mol. The number of hydrogen-bond donors (Lipinski definition) is 14. The van der Waals surface area contributed by atoms with E-state index in [4.69, 9.17) is 42.6 Å². The first-order chi connectivity index (χ1) is 35.0. The van der Waals surface area contributed by atoms with E-state index in [1.54, 1.807) is 0 Å². The van der Waals surface area contributed by atoms with Crippen LogP contribution < -0.4 is 0 Å². The first-order valence-corrected chi connectivity index (χ1v) is 26.9. The molecule has 5 aliphatic heterocycles. The summed E-state index contributed by atoms with van der Waals surface area (Å²) in [5.41, 5.74) is 1.12. The molecule has 5 saturated heterocycles. The van der Waals surface area contributed by atoms with Crippen LogP contribution in [0, 0.1) is 46.3 Å². The molecule has 0 aromatic heterocycles. The normalized spacial score (nSPS) is 54.9. The van der Waals surface area contributed by atoms with Crippen LogP contribution in [0.4, 0.5) is 0 Å². The highest BCUT2D eigenvalue weighted by Crippen LogP contribution is 2.70. The summed E-state index contributed by atoms with van der Waals surface area (Å²) in [7, 11) is 0. The molecule has 23 nitrogen and oxygen atoms in total. The Bertz CT molecular complexity index is 1920. The van der Waals surface area contributed by atoms with Gasteiger partial charge in [0.05, 0.1) is 44.7 Å². The van der Waals surface area contributed by atoms with Crippen LogP contribution in [0.25, 0.3) is 0 Å². The zero-order chi connectivity index (χ0) is 53.5. The van der Waals surface area contributed by atoms with E-state index < -0.39 is 155 Å². The van der Waals surface area contributed by atoms with Crippen LogP contribution in [0.3, 0.4) is 0 Å². The maximum Gasteiger partial charge on any atom is 0.187 e. The molecule has 5 heterocycles. The number of allylic oxidation sites excluding steroid dienone is 1. The third-order valence-corrected chi connectivity index (χ3v) is 19.5. The molecule has 4 aliphatic carbocycles. The summed E-state index contributed by atoms with van der Waals surface area (Å²) in [4.78, 5) is 0. The fourth-order valence-electron chi connectivity index (χ4n) is 15.0. The lowest BCUT2D eigenvalue weighted by atomic mass is 9.47. The molecule has 0 amide bonds. The van der Waals surface area contributed by atoms with Gasteiger partial charge in [0.2, 0.25) is 0 Å². The summed E-state index contributed by atoms with van der Waals surface area (Å²) < 4.78 is 53.2. The van der Waals surface area contributed by atoms with E-state index in [1.807, 2.05) is 6.92 Å². The SMILES string of the molecule is CC(CCC1(O)O[C@H]2C[C@H]3[C@@H]4CC=C5C[C@@H](O[C@@H]6O[C@H](CO)[C@@H](O[C@@H]7O[C@H](CO)[C@@H](O)[C@H](O[C@@H]8O[C@H](C)[C@@H](O)[C@H](O)[C@@H]8O)[C@H]7O)[C@H](O)[C@H]6O)CC[C@]5(C)[C@H]4CC[C@]3(C)[C@H]2[C@@H]1C)CO[C@@H]1O[C@H](CO)[C@@H](O)[C@H](O)[C@H]1O. The lowest BCUT2D eigenvalue weighted by molar-refractivity contribution is -0.381. The minimum absolute atomic E-state index is 0.0454. The van der Waals surface area contributed by atoms with Gasteiger partial charge < -0.3 is 114 Å². The molecule has 8 fully saturated rings. The van der Waals surface area contributed by atoms with Crippen molar-refractivity contribution in [2.24, 2.45) is 46.3 Å². The van der Waals surface area contributed by atoms with Gasteiger partial charge in [0, 0.05) is 12.3 Å². The standard InChI is InChI=1S/C51H84O23/c1-20(19-66-45-39(61)37(59)34(56)29(16-52)69-45)8-13-51(65)21(2)32-28(74-51)15-27-25-7-6-23-14-24(9-11-49(23,4)26(25)10-12-50(27,32)5)68-47-41(63)38(60)43(31(18-54)71-47)72-48-42(64)44(35(57)30(17-53)70-48)73-46-40(62)36(58)33(55)22(3)67-46/h6,20-22,24-48,52-65H,7-19H2,1-5H3/t20?,21-,22+,24-,25+,26-,27-,28-,29+,30+,31+,32-,33+,34+,35+,36-,37-,38+,39+,40-,41+,42+,43+,44-,45+,46-,47+,48-,49-,50-,51?/m0/s1. The smallest absolute Gasteiger partial charge is 0.187 e. The van der Waals surface area contributed by atoms with Crippen molar-refractivity contribution in [3.05, 3.63) is 11.6 Å². The van der Waals surface area contributed by atoms with Crippen molar-refractivity contribution in [3.63, 3.8) is 0 Å². The van der Waals surface area contributed by atoms with Crippen LogP contribution in [0.1, 0.15) is 92.4 Å². The molecule has 31 atom stereocenters. The Kier molecular flexibility index (Phi) is 17.4. The summed E-state index contributed by atoms with van der Waals surface area (Å²) in [6, 6.07) is 0. The molecule has 3 saturated carbocycles. The molecule has 9 aliphatic rings. The number of hydrogen-bond acceptors (Lipinski definition) is 23. The van der Waals surface area contributed by atoms with Crippen LogP contribution in [-0.2, 0) is 42.6 Å². The van der Waals surface area contributed by atoms with Crippen molar-refractivity contribution in [2.45, 2.75) is 233 Å². The average Bonchev–Trinajstić information content (AvgIpc) is 3.82. The molecule has 74 heavy (non-hydrogen) atoms. The quantitative estimate of drug-likeness (QED) is 0.0727. The summed E-state index contributed by atoms with van der Waals surface area (Å²) in [5, 5.41) is 149. The first kappa shape index (κ1) is 57.5. The van der Waals surface area contributed by atoms with E-state index in [0.717, 1.165) is 32.1 Å². The molecule has 23 heteroatoms. The van der Waals surface area contributed by atoms with Gasteiger partial charge in [0.1, 0.15) is 91.6 Å². The zero-order valence-electron chi connectivity index (χ0n) is 42.9. The lowest BCUT2D eigenvalue weighted by Crippen LogP contribution is -2.66. The van der Waals surface area contributed by atoms with Crippen LogP contribution in [0.5, 0.6) is 0 Å². The Labute approximate surface area is 430 Å². The molecule has 0 bridgehead atoms. The molecule has 9 rings (SSSR count). The van der Waals surface area contributed by atoms with E-state index in [1.165, 1.54) is 12.5 Å². The summed E-state index contributed by atoms with van der Waals surface area (Å²) >= 11 is 0. The molecular formula is C51H84O23. The summed E-state index contributed by atoms with van der Waals surface area (Å²) in [6.45, 7) is 8.32. The molecule has 14 N–H and O–H groups in total. The Balaban J connectivity index is 0.785. The van der Waals surface area contributed by atoms with Gasteiger partial charge >= 0.3 is 0 Å². The lowest BCUT2D eigenvalue weighted by Gasteiger charge is -2.58. The Morgan fingerprint density at radius 1 is 0.635 bits per heavy atom. The Morgan fingerprint density at radius 2 is 1.23 bits per heavy atom. The Morgan fingerprint density at radius 3 is 1.93 bits per heavy atom. The highest BCUT2D eigenvalue weighted by molar-refractivity contribution is 5.26. The maximum absolute atomic E-state index is 12.1. The van der Waals surface area contributed by atoms with E-state index >= 15 is 0 Å². The summed E-state index contributed by atoms with van der Waals surface area (Å²) in [5.74, 6) is -0.149. The zero-order valence-corrected chi connectivity index (χ0v) is 42.9. The van der Waals surface area contributed by atoms with Gasteiger partial charge in [-0.05, 0) is 98.7 Å². The van der Waals surface area contributed by atoms with Crippen LogP contribution in [-0.4, -0.2) is 239 Å². The third kappa shape index (κ3) is 10.2. The molecule has 0 spiro atoms. The van der Waals surface area contributed by atoms with E-state index in [0.29, 0.717) is 43.4 Å². The second kappa shape index (κ2) is 22.4. The van der Waals surface area contributed by atoms with Crippen LogP contribution in [0.2, 0.25) is 0 Å². The second-order valence-electron chi connectivity index (χ2n) is 23.8. The molecular weight excluding hydrogens is 981 g/mol. The largest absolute Gasteiger partial charge is 0.394 e. The topological polar surface area (TPSA) is 366 Å². The highest BCUT2D eigenvalue weighted by atomic mass is 16.8. The van der Waals surface area contributed by atoms with Crippen LogP contribution >= 0.6 is 0 Å². The van der Waals surface area contributed by atoms with Gasteiger partial charge in [-0.2, -0.15) is 0 Å². The van der Waals surface area contributed by atoms with Gasteiger partial charge in [-0.1, -0.05) is 39.3 Å². The number of aliphatic hydroxyl groups excluding tert-OH is 13. The molecule has 0 aromatic carbocycles. The molecule has 0 radical (unpaired) electrons. The Hall–Kier alpha value is -1.18. The van der Waals surface area contributed by atoms with Gasteiger partial charge in [-0.15, -0.1) is 0 Å². The highest BCUT2D eigenvalue weighted by Gasteiger charge is 2.68. The minimum Gasteiger partial charge on any atom is -0.394 e. The van der Waals surface area contributed by atoms with Crippen molar-refractivity contribution in [1.82, 2.24) is 0 Å². The molecule has 0 aromatic rings. The van der Waals surface area contributed by atoms with Gasteiger partial charge in [-0.3, -0.25) is 0 Å². The predicted molar refractivity (Wildman–Crippen MR) is 250 cm³/mol. The van der Waals surface area contributed by atoms with E-state index in [2.05, 4.69) is 26.8 Å². The van der Waals surface area contributed by atoms with Crippen molar-refractivity contribution >= 4 is 0 Å². The minimum atomic E-state index is -1.87. The van der Waals surface area contributed by atoms with Gasteiger partial charge in [0.25, 0.3) is 0 Å². The van der Waals surface area contributed by atoms with Crippen molar-refractivity contribution < 1.29 is 114 Å². The van der Waals surface area contributed by atoms with Crippen molar-refractivity contribution in [1.29, 1.82) is 0 Å². The summed E-state index contributed by atoms with van der Waals surface area (Å²) in [6.07, 6.45) is -21.8.